The number of aryl methyl sites for hydroxylation is 1. The van der Waals surface area contributed by atoms with E-state index >= 15 is 0 Å². The summed E-state index contributed by atoms with van der Waals surface area (Å²) in [5.74, 6) is 0.732. The number of rotatable bonds is 7. The monoisotopic (exact) mass is 381 g/mol. The highest BCUT2D eigenvalue weighted by Crippen LogP contribution is 2.34. The predicted molar refractivity (Wildman–Crippen MR) is 112 cm³/mol. The van der Waals surface area contributed by atoms with Crippen molar-refractivity contribution in [2.24, 2.45) is 0 Å². The molecule has 4 heteroatoms. The summed E-state index contributed by atoms with van der Waals surface area (Å²) in [7, 11) is 0. The second-order valence-corrected chi connectivity index (χ2v) is 7.69. The summed E-state index contributed by atoms with van der Waals surface area (Å²) in [6, 6.07) is 16.4. The first kappa shape index (κ1) is 20.4. The molecule has 2 aromatic carbocycles. The molecule has 150 valence electrons. The second kappa shape index (κ2) is 9.24. The molecule has 0 unspecified atom stereocenters. The number of hydrogen-bond acceptors (Lipinski definition) is 3. The van der Waals surface area contributed by atoms with Gasteiger partial charge in [0, 0.05) is 25.2 Å². The van der Waals surface area contributed by atoms with Crippen molar-refractivity contribution in [2.45, 2.75) is 51.6 Å². The zero-order valence-corrected chi connectivity index (χ0v) is 17.2. The molecule has 1 saturated heterocycles. The van der Waals surface area contributed by atoms with Gasteiger partial charge in [-0.05, 0) is 55.9 Å². The van der Waals surface area contributed by atoms with Crippen molar-refractivity contribution < 1.29 is 14.3 Å². The van der Waals surface area contributed by atoms with Crippen LogP contribution in [0.25, 0.3) is 0 Å². The topological polar surface area (TPSA) is 47.6 Å². The van der Waals surface area contributed by atoms with E-state index in [9.17, 15) is 4.79 Å². The van der Waals surface area contributed by atoms with E-state index in [4.69, 9.17) is 9.47 Å². The molecule has 1 aliphatic heterocycles. The molecule has 1 heterocycles. The highest BCUT2D eigenvalue weighted by atomic mass is 16.5. The van der Waals surface area contributed by atoms with Crippen LogP contribution in [0.2, 0.25) is 0 Å². The summed E-state index contributed by atoms with van der Waals surface area (Å²) in [5.41, 5.74) is 3.44. The Morgan fingerprint density at radius 1 is 1.11 bits per heavy atom. The zero-order valence-electron chi connectivity index (χ0n) is 17.2. The van der Waals surface area contributed by atoms with E-state index in [-0.39, 0.29) is 11.3 Å². The van der Waals surface area contributed by atoms with Crippen molar-refractivity contribution in [3.05, 3.63) is 65.2 Å². The Morgan fingerprint density at radius 3 is 2.50 bits per heavy atom. The SMILES string of the molecule is CC[C@@H](Oc1cccc(C)c1C)C(=O)NCC1(c2ccccc2)CCOCC1. The van der Waals surface area contributed by atoms with E-state index in [1.807, 2.05) is 32.0 Å². The Kier molecular flexibility index (Phi) is 6.74. The van der Waals surface area contributed by atoms with Crippen LogP contribution in [0.5, 0.6) is 5.75 Å². The van der Waals surface area contributed by atoms with Crippen LogP contribution in [-0.2, 0) is 14.9 Å². The first-order valence-electron chi connectivity index (χ1n) is 10.2. The minimum absolute atomic E-state index is 0.0507. The predicted octanol–water partition coefficient (Wildman–Crippen LogP) is 4.33. The molecule has 0 bridgehead atoms. The number of nitrogens with one attached hydrogen (secondary N) is 1. The number of hydrogen-bond donors (Lipinski definition) is 1. The summed E-state index contributed by atoms with van der Waals surface area (Å²) in [6.45, 7) is 8.12. The molecule has 3 rings (SSSR count). The van der Waals surface area contributed by atoms with Gasteiger partial charge in [-0.3, -0.25) is 4.79 Å². The van der Waals surface area contributed by atoms with Crippen molar-refractivity contribution in [3.8, 4) is 5.75 Å². The van der Waals surface area contributed by atoms with Gasteiger partial charge in [0.15, 0.2) is 6.10 Å². The quantitative estimate of drug-likeness (QED) is 0.777. The zero-order chi connectivity index (χ0) is 20.0. The van der Waals surface area contributed by atoms with Gasteiger partial charge in [0.25, 0.3) is 5.91 Å². The van der Waals surface area contributed by atoms with Crippen LogP contribution < -0.4 is 10.1 Å². The van der Waals surface area contributed by atoms with E-state index in [0.717, 1.165) is 42.9 Å². The second-order valence-electron chi connectivity index (χ2n) is 7.69. The third kappa shape index (κ3) is 4.56. The Hall–Kier alpha value is -2.33. The van der Waals surface area contributed by atoms with Crippen LogP contribution >= 0.6 is 0 Å². The summed E-state index contributed by atoms with van der Waals surface area (Å²) in [5, 5.41) is 3.18. The highest BCUT2D eigenvalue weighted by Gasteiger charge is 2.35. The summed E-state index contributed by atoms with van der Waals surface area (Å²) in [4.78, 5) is 12.9. The van der Waals surface area contributed by atoms with Gasteiger partial charge in [0.2, 0.25) is 0 Å². The first-order valence-corrected chi connectivity index (χ1v) is 10.2. The molecule has 28 heavy (non-hydrogen) atoms. The Bertz CT molecular complexity index is 782. The first-order chi connectivity index (χ1) is 13.6. The molecular formula is C24H31NO3. The van der Waals surface area contributed by atoms with E-state index < -0.39 is 6.10 Å². The molecule has 1 amide bonds. The number of carbonyl (C=O) groups excluding carboxylic acids is 1. The van der Waals surface area contributed by atoms with Gasteiger partial charge in [-0.25, -0.2) is 0 Å². The van der Waals surface area contributed by atoms with Crippen LogP contribution in [0.1, 0.15) is 42.9 Å². The normalized spacial score (nSPS) is 17.0. The van der Waals surface area contributed by atoms with E-state index in [2.05, 4.69) is 42.6 Å². The number of benzene rings is 2. The highest BCUT2D eigenvalue weighted by molar-refractivity contribution is 5.81. The lowest BCUT2D eigenvalue weighted by Crippen LogP contribution is -2.48. The molecule has 0 radical (unpaired) electrons. The van der Waals surface area contributed by atoms with Crippen molar-refractivity contribution in [1.82, 2.24) is 5.32 Å². The van der Waals surface area contributed by atoms with Gasteiger partial charge >= 0.3 is 0 Å². The maximum atomic E-state index is 12.9. The summed E-state index contributed by atoms with van der Waals surface area (Å²) < 4.78 is 11.7. The maximum Gasteiger partial charge on any atom is 0.261 e. The molecule has 0 aromatic heterocycles. The van der Waals surface area contributed by atoms with Crippen molar-refractivity contribution >= 4 is 5.91 Å². The van der Waals surface area contributed by atoms with Crippen LogP contribution in [-0.4, -0.2) is 31.8 Å². The van der Waals surface area contributed by atoms with Crippen LogP contribution in [0.4, 0.5) is 0 Å². The smallest absolute Gasteiger partial charge is 0.261 e. The third-order valence-corrected chi connectivity index (χ3v) is 5.92. The van der Waals surface area contributed by atoms with Crippen LogP contribution in [0.15, 0.2) is 48.5 Å². The minimum Gasteiger partial charge on any atom is -0.480 e. The number of ether oxygens (including phenoxy) is 2. The molecule has 0 saturated carbocycles. The summed E-state index contributed by atoms with van der Waals surface area (Å²) >= 11 is 0. The lowest BCUT2D eigenvalue weighted by Gasteiger charge is -2.38. The molecule has 0 spiro atoms. The van der Waals surface area contributed by atoms with Gasteiger partial charge in [0.1, 0.15) is 5.75 Å². The molecule has 1 atom stereocenters. The lowest BCUT2D eigenvalue weighted by molar-refractivity contribution is -0.128. The Morgan fingerprint density at radius 2 is 1.82 bits per heavy atom. The van der Waals surface area contributed by atoms with Crippen molar-refractivity contribution in [2.75, 3.05) is 19.8 Å². The van der Waals surface area contributed by atoms with Gasteiger partial charge in [-0.2, -0.15) is 0 Å². The standard InChI is InChI=1S/C24H31NO3/c1-4-21(28-22-12-8-9-18(2)19(22)3)23(26)25-17-24(13-15-27-16-14-24)20-10-6-5-7-11-20/h5-12,21H,4,13-17H2,1-3H3,(H,25,26)/t21-/m1/s1. The largest absolute Gasteiger partial charge is 0.480 e. The molecule has 1 aliphatic rings. The molecule has 0 aliphatic carbocycles. The van der Waals surface area contributed by atoms with Gasteiger partial charge in [0.05, 0.1) is 0 Å². The van der Waals surface area contributed by atoms with Gasteiger partial charge in [-0.1, -0.05) is 49.4 Å². The molecule has 1 N–H and O–H groups in total. The lowest BCUT2D eigenvalue weighted by atomic mass is 9.74. The average molecular weight is 382 g/mol. The van der Waals surface area contributed by atoms with Crippen molar-refractivity contribution in [1.29, 1.82) is 0 Å². The fraction of sp³-hybridized carbons (Fsp3) is 0.458. The van der Waals surface area contributed by atoms with Gasteiger partial charge < -0.3 is 14.8 Å². The number of amides is 1. The van der Waals surface area contributed by atoms with Crippen molar-refractivity contribution in [3.63, 3.8) is 0 Å². The summed E-state index contributed by atoms with van der Waals surface area (Å²) in [6.07, 6.45) is 1.95. The van der Waals surface area contributed by atoms with E-state index in [0.29, 0.717) is 13.0 Å². The van der Waals surface area contributed by atoms with Crippen LogP contribution in [0, 0.1) is 13.8 Å². The average Bonchev–Trinajstić information content (AvgIpc) is 2.74. The Labute approximate surface area is 168 Å². The maximum absolute atomic E-state index is 12.9. The number of carbonyl (C=O) groups is 1. The molecule has 2 aromatic rings. The van der Waals surface area contributed by atoms with E-state index in [1.54, 1.807) is 0 Å². The Balaban J connectivity index is 1.70. The van der Waals surface area contributed by atoms with Crippen LogP contribution in [0.3, 0.4) is 0 Å². The molecule has 4 nitrogen and oxygen atoms in total. The molecular weight excluding hydrogens is 350 g/mol. The minimum atomic E-state index is -0.492. The van der Waals surface area contributed by atoms with E-state index in [1.165, 1.54) is 5.56 Å². The fourth-order valence-corrected chi connectivity index (χ4v) is 3.82. The third-order valence-electron chi connectivity index (χ3n) is 5.92. The molecule has 1 fully saturated rings. The fourth-order valence-electron chi connectivity index (χ4n) is 3.82. The van der Waals surface area contributed by atoms with Gasteiger partial charge in [-0.15, -0.1) is 0 Å².